The molecule has 0 saturated heterocycles. The molecule has 0 aromatic carbocycles. The maximum absolute atomic E-state index is 10.2. The van der Waals surface area contributed by atoms with Crippen molar-refractivity contribution < 1.29 is 70.5 Å². The minimum atomic E-state index is -4.23. The van der Waals surface area contributed by atoms with E-state index in [1.165, 1.54) is 44.9 Å². The van der Waals surface area contributed by atoms with Gasteiger partial charge in [0, 0.05) is 22.4 Å². The number of unbranched alkanes of at least 4 members (excludes halogenated alkanes) is 9. The fourth-order valence-electron chi connectivity index (χ4n) is 1.75. The van der Waals surface area contributed by atoms with Crippen molar-refractivity contribution in [3.05, 3.63) is 0 Å². The molecule has 0 aromatic heterocycles. The molecule has 19 heavy (non-hydrogen) atoms. The first kappa shape index (κ1) is 25.6. The fraction of sp³-hybridized carbons (Fsp3) is 1.00. The van der Waals surface area contributed by atoms with Crippen LogP contribution in [0.15, 0.2) is 0 Å². The Bertz CT molecular complexity index is 266. The number of rotatable bonds is 12. The molecule has 0 bridgehead atoms. The second kappa shape index (κ2) is 17.7. The Balaban J connectivity index is -0.000000427. The van der Waals surface area contributed by atoms with Crippen LogP contribution in [0.25, 0.3) is 0 Å². The first-order valence-corrected chi connectivity index (χ1v) is 8.04. The second-order valence-electron chi connectivity index (χ2n) is 4.43. The van der Waals surface area contributed by atoms with Crippen LogP contribution >= 0.6 is 0 Å². The molecule has 0 saturated carbocycles. The largest absolute Gasteiger partial charge is 1.00 e. The fourth-order valence-corrected chi connectivity index (χ4v) is 2.08. The van der Waals surface area contributed by atoms with Gasteiger partial charge >= 0.3 is 40.0 Å². The molecule has 0 aliphatic carbocycles. The van der Waals surface area contributed by atoms with Gasteiger partial charge in [-0.2, -0.15) is 8.42 Å². The second-order valence-corrected chi connectivity index (χ2v) is 5.52. The van der Waals surface area contributed by atoms with Crippen LogP contribution in [-0.4, -0.2) is 19.6 Å². The third-order valence-corrected chi connectivity index (χ3v) is 3.19. The molecular formula is C12H27AgNaO4S. The minimum Gasteiger partial charge on any atom is -1.00 e. The molecule has 1 N–H and O–H groups in total. The molecule has 0 aromatic rings. The zero-order chi connectivity index (χ0) is 13.0. The minimum absolute atomic E-state index is 0. The molecule has 4 nitrogen and oxygen atoms in total. The van der Waals surface area contributed by atoms with E-state index in [0.29, 0.717) is 6.42 Å². The van der Waals surface area contributed by atoms with Gasteiger partial charge in [0.05, 0.1) is 6.61 Å². The maximum Gasteiger partial charge on any atom is 1.00 e. The van der Waals surface area contributed by atoms with Gasteiger partial charge in [-0.3, -0.25) is 4.55 Å². The summed E-state index contributed by atoms with van der Waals surface area (Å²) in [6, 6.07) is 0. The molecule has 0 aliphatic heterocycles. The van der Waals surface area contributed by atoms with Crippen molar-refractivity contribution in [2.45, 2.75) is 71.1 Å². The Kier molecular flexibility index (Phi) is 23.8. The van der Waals surface area contributed by atoms with Gasteiger partial charge in [0.25, 0.3) is 0 Å². The van der Waals surface area contributed by atoms with Crippen molar-refractivity contribution >= 4 is 10.4 Å². The summed E-state index contributed by atoms with van der Waals surface area (Å²) in [5, 5.41) is 0. The van der Waals surface area contributed by atoms with E-state index in [2.05, 4.69) is 11.1 Å². The van der Waals surface area contributed by atoms with Crippen molar-refractivity contribution in [2.75, 3.05) is 6.61 Å². The van der Waals surface area contributed by atoms with E-state index in [1.54, 1.807) is 0 Å². The smallest absolute Gasteiger partial charge is 1.00 e. The van der Waals surface area contributed by atoms with Crippen LogP contribution in [0.4, 0.5) is 0 Å². The first-order valence-electron chi connectivity index (χ1n) is 6.68. The molecule has 0 fully saturated rings. The van der Waals surface area contributed by atoms with Gasteiger partial charge in [0.15, 0.2) is 0 Å². The SMILES string of the molecule is CCCCCCCCCCCCOS(=O)(=O)O.[Ag].[H-].[Na+]. The molecule has 0 aliphatic rings. The van der Waals surface area contributed by atoms with E-state index in [-0.39, 0.29) is 60.0 Å². The van der Waals surface area contributed by atoms with Crippen LogP contribution < -0.4 is 29.6 Å². The van der Waals surface area contributed by atoms with Gasteiger partial charge in [-0.1, -0.05) is 64.7 Å². The third kappa shape index (κ3) is 25.0. The summed E-state index contributed by atoms with van der Waals surface area (Å²) in [6.07, 6.45) is 11.9. The quantitative estimate of drug-likeness (QED) is 0.301. The maximum atomic E-state index is 10.2. The van der Waals surface area contributed by atoms with Gasteiger partial charge in [0.2, 0.25) is 0 Å². The summed E-state index contributed by atoms with van der Waals surface area (Å²) in [5.41, 5.74) is 0. The van der Waals surface area contributed by atoms with E-state index in [9.17, 15) is 8.42 Å². The monoisotopic (exact) mass is 397 g/mol. The molecular weight excluding hydrogens is 371 g/mol. The summed E-state index contributed by atoms with van der Waals surface area (Å²) >= 11 is 0. The molecule has 0 heterocycles. The van der Waals surface area contributed by atoms with E-state index >= 15 is 0 Å². The average Bonchev–Trinajstić information content (AvgIpc) is 2.24. The molecule has 0 amide bonds. The van der Waals surface area contributed by atoms with Crippen molar-refractivity contribution in [3.8, 4) is 0 Å². The predicted octanol–water partition coefficient (Wildman–Crippen LogP) is 0.841. The Morgan fingerprint density at radius 1 is 0.895 bits per heavy atom. The van der Waals surface area contributed by atoms with E-state index in [0.717, 1.165) is 12.8 Å². The molecule has 0 rings (SSSR count). The van der Waals surface area contributed by atoms with Crippen LogP contribution in [0.5, 0.6) is 0 Å². The van der Waals surface area contributed by atoms with Crippen LogP contribution in [0, 0.1) is 0 Å². The Morgan fingerprint density at radius 3 is 1.63 bits per heavy atom. The molecule has 7 heteroatoms. The number of hydrogen-bond acceptors (Lipinski definition) is 3. The zero-order valence-corrected chi connectivity index (χ0v) is 16.5. The van der Waals surface area contributed by atoms with E-state index < -0.39 is 10.4 Å². The molecule has 117 valence electrons. The van der Waals surface area contributed by atoms with Crippen LogP contribution in [0.3, 0.4) is 0 Å². The van der Waals surface area contributed by atoms with Crippen molar-refractivity contribution in [1.29, 1.82) is 0 Å². The predicted molar refractivity (Wildman–Crippen MR) is 70.5 cm³/mol. The van der Waals surface area contributed by atoms with Gasteiger partial charge in [-0.25, -0.2) is 4.18 Å². The Morgan fingerprint density at radius 2 is 1.26 bits per heavy atom. The molecule has 1 radical (unpaired) electrons. The Hall–Kier alpha value is 1.61. The summed E-state index contributed by atoms with van der Waals surface area (Å²) in [5.74, 6) is 0. The molecule has 0 unspecified atom stereocenters. The van der Waals surface area contributed by atoms with Crippen LogP contribution in [-0.2, 0) is 37.0 Å². The summed E-state index contributed by atoms with van der Waals surface area (Å²) in [6.45, 7) is 2.31. The van der Waals surface area contributed by atoms with Crippen molar-refractivity contribution in [1.82, 2.24) is 0 Å². The molecule has 0 atom stereocenters. The normalized spacial score (nSPS) is 10.6. The van der Waals surface area contributed by atoms with Gasteiger partial charge < -0.3 is 1.43 Å². The van der Waals surface area contributed by atoms with Gasteiger partial charge in [-0.15, -0.1) is 0 Å². The van der Waals surface area contributed by atoms with E-state index in [1.807, 2.05) is 0 Å². The molecule has 0 spiro atoms. The average molecular weight is 398 g/mol. The van der Waals surface area contributed by atoms with Gasteiger partial charge in [-0.05, 0) is 6.42 Å². The first-order chi connectivity index (χ1) is 8.06. The van der Waals surface area contributed by atoms with Crippen LogP contribution in [0.1, 0.15) is 72.6 Å². The standard InChI is InChI=1S/C12H26O4S.Ag.Na.H/c1-2-3-4-5-6-7-8-9-10-11-12-16-17(13,14)15;;;/h2-12H2,1H3,(H,13,14,15);;;/q;;+1;-1. The van der Waals surface area contributed by atoms with E-state index in [4.69, 9.17) is 4.55 Å². The summed E-state index contributed by atoms with van der Waals surface area (Å²) < 4.78 is 33.0. The summed E-state index contributed by atoms with van der Waals surface area (Å²) in [7, 11) is -4.23. The summed E-state index contributed by atoms with van der Waals surface area (Å²) in [4.78, 5) is 0. The zero-order valence-electron chi connectivity index (χ0n) is 13.2. The van der Waals surface area contributed by atoms with Crippen LogP contribution in [0.2, 0.25) is 0 Å². The topological polar surface area (TPSA) is 63.6 Å². The Labute approximate surface area is 157 Å². The third-order valence-electron chi connectivity index (χ3n) is 2.73. The number of hydrogen-bond donors (Lipinski definition) is 1. The van der Waals surface area contributed by atoms with Gasteiger partial charge in [0.1, 0.15) is 0 Å². The van der Waals surface area contributed by atoms with Crippen molar-refractivity contribution in [3.63, 3.8) is 0 Å². The van der Waals surface area contributed by atoms with Crippen molar-refractivity contribution in [2.24, 2.45) is 0 Å².